The Morgan fingerprint density at radius 3 is 2.95 bits per heavy atom. The molecule has 0 aliphatic heterocycles. The molecule has 1 heterocycles. The van der Waals surface area contributed by atoms with E-state index in [0.29, 0.717) is 5.82 Å². The SMILES string of the molecule is CC(NC(=O)COc1ccccc1[N+](=O)[O-])c1ncn[nH]1. The maximum absolute atomic E-state index is 11.7. The number of hydrogen-bond acceptors (Lipinski definition) is 6. The first-order chi connectivity index (χ1) is 10.1. The summed E-state index contributed by atoms with van der Waals surface area (Å²) in [5.41, 5.74) is -0.186. The minimum atomic E-state index is -0.565. The van der Waals surface area contributed by atoms with E-state index in [1.807, 2.05) is 0 Å². The average molecular weight is 291 g/mol. The predicted octanol–water partition coefficient (Wildman–Crippen LogP) is 0.969. The molecule has 1 aromatic heterocycles. The molecule has 9 nitrogen and oxygen atoms in total. The van der Waals surface area contributed by atoms with E-state index in [9.17, 15) is 14.9 Å². The van der Waals surface area contributed by atoms with E-state index in [4.69, 9.17) is 4.74 Å². The number of nitrogens with zero attached hydrogens (tertiary/aromatic N) is 3. The first kappa shape index (κ1) is 14.4. The summed E-state index contributed by atoms with van der Waals surface area (Å²) in [4.78, 5) is 25.9. The van der Waals surface area contributed by atoms with Crippen molar-refractivity contribution in [2.24, 2.45) is 0 Å². The molecule has 1 aromatic carbocycles. The van der Waals surface area contributed by atoms with Gasteiger partial charge in [-0.3, -0.25) is 20.0 Å². The zero-order valence-corrected chi connectivity index (χ0v) is 11.1. The maximum Gasteiger partial charge on any atom is 0.310 e. The highest BCUT2D eigenvalue weighted by atomic mass is 16.6. The highest BCUT2D eigenvalue weighted by Crippen LogP contribution is 2.25. The second-order valence-electron chi connectivity index (χ2n) is 4.17. The largest absolute Gasteiger partial charge is 0.477 e. The van der Waals surface area contributed by atoms with Gasteiger partial charge in [0.1, 0.15) is 12.2 Å². The molecule has 0 bridgehead atoms. The van der Waals surface area contributed by atoms with Crippen molar-refractivity contribution in [2.75, 3.05) is 6.61 Å². The standard InChI is InChI=1S/C12H13N5O4/c1-8(12-13-7-14-16-12)15-11(18)6-21-10-5-3-2-4-9(10)17(19)20/h2-5,7-8H,6H2,1H3,(H,15,18)(H,13,14,16). The molecule has 9 heteroatoms. The molecule has 110 valence electrons. The van der Waals surface area contributed by atoms with Crippen LogP contribution in [-0.2, 0) is 4.79 Å². The van der Waals surface area contributed by atoms with Crippen LogP contribution in [0.2, 0.25) is 0 Å². The van der Waals surface area contributed by atoms with Gasteiger partial charge in [0.05, 0.1) is 11.0 Å². The summed E-state index contributed by atoms with van der Waals surface area (Å²) in [6.07, 6.45) is 1.34. The molecule has 0 fully saturated rings. The Balaban J connectivity index is 1.91. The van der Waals surface area contributed by atoms with Crippen LogP contribution in [0.5, 0.6) is 5.75 Å². The van der Waals surface area contributed by atoms with Gasteiger partial charge in [0.15, 0.2) is 12.4 Å². The fourth-order valence-electron chi connectivity index (χ4n) is 1.65. The minimum absolute atomic E-state index is 0.0463. The van der Waals surface area contributed by atoms with Gasteiger partial charge < -0.3 is 10.1 Å². The lowest BCUT2D eigenvalue weighted by Gasteiger charge is -2.11. The van der Waals surface area contributed by atoms with Crippen molar-refractivity contribution in [3.63, 3.8) is 0 Å². The number of ether oxygens (including phenoxy) is 1. The molecule has 2 rings (SSSR count). The lowest BCUT2D eigenvalue weighted by molar-refractivity contribution is -0.385. The van der Waals surface area contributed by atoms with E-state index in [0.717, 1.165) is 0 Å². The van der Waals surface area contributed by atoms with Crippen molar-refractivity contribution in [2.45, 2.75) is 13.0 Å². The molecule has 0 saturated carbocycles. The molecule has 0 aliphatic rings. The van der Waals surface area contributed by atoms with E-state index >= 15 is 0 Å². The fraction of sp³-hybridized carbons (Fsp3) is 0.250. The number of aromatic nitrogens is 3. The molecule has 0 spiro atoms. The summed E-state index contributed by atoms with van der Waals surface area (Å²) in [5.74, 6) is 0.135. The Morgan fingerprint density at radius 1 is 1.52 bits per heavy atom. The number of para-hydroxylation sites is 2. The number of rotatable bonds is 6. The Labute approximate surface area is 119 Å². The second kappa shape index (κ2) is 6.46. The Morgan fingerprint density at radius 2 is 2.29 bits per heavy atom. The lowest BCUT2D eigenvalue weighted by Crippen LogP contribution is -2.31. The number of aromatic amines is 1. The van der Waals surface area contributed by atoms with Crippen LogP contribution in [0.1, 0.15) is 18.8 Å². The van der Waals surface area contributed by atoms with Crippen molar-refractivity contribution >= 4 is 11.6 Å². The number of H-pyrrole nitrogens is 1. The predicted molar refractivity (Wildman–Crippen MR) is 71.5 cm³/mol. The number of carbonyl (C=O) groups excluding carboxylic acids is 1. The fourth-order valence-corrected chi connectivity index (χ4v) is 1.65. The monoisotopic (exact) mass is 291 g/mol. The van der Waals surface area contributed by atoms with E-state index in [-0.39, 0.29) is 24.1 Å². The van der Waals surface area contributed by atoms with Crippen LogP contribution in [-0.4, -0.2) is 32.6 Å². The third-order valence-electron chi connectivity index (χ3n) is 2.64. The summed E-state index contributed by atoms with van der Waals surface area (Å²) < 4.78 is 5.18. The van der Waals surface area contributed by atoms with Crippen molar-refractivity contribution in [1.29, 1.82) is 0 Å². The first-order valence-electron chi connectivity index (χ1n) is 6.08. The van der Waals surface area contributed by atoms with Crippen LogP contribution < -0.4 is 10.1 Å². The molecule has 21 heavy (non-hydrogen) atoms. The number of carbonyl (C=O) groups is 1. The lowest BCUT2D eigenvalue weighted by atomic mass is 10.3. The highest BCUT2D eigenvalue weighted by molar-refractivity contribution is 5.78. The molecule has 2 aromatic rings. The Kier molecular flexibility index (Phi) is 4.44. The normalized spacial score (nSPS) is 11.7. The zero-order valence-electron chi connectivity index (χ0n) is 11.1. The summed E-state index contributed by atoms with van der Waals surface area (Å²) in [6, 6.07) is 5.50. The quantitative estimate of drug-likeness (QED) is 0.603. The van der Waals surface area contributed by atoms with Gasteiger partial charge in [-0.25, -0.2) is 4.98 Å². The zero-order chi connectivity index (χ0) is 15.2. The summed E-state index contributed by atoms with van der Waals surface area (Å²) in [5, 5.41) is 19.8. The number of amides is 1. The van der Waals surface area contributed by atoms with Crippen LogP contribution in [0.25, 0.3) is 0 Å². The third kappa shape index (κ3) is 3.75. The molecule has 0 saturated heterocycles. The molecule has 0 aliphatic carbocycles. The third-order valence-corrected chi connectivity index (χ3v) is 2.64. The van der Waals surface area contributed by atoms with Gasteiger partial charge in [0.25, 0.3) is 5.91 Å². The van der Waals surface area contributed by atoms with E-state index < -0.39 is 10.8 Å². The van der Waals surface area contributed by atoms with Crippen LogP contribution in [0.4, 0.5) is 5.69 Å². The molecule has 1 unspecified atom stereocenters. The van der Waals surface area contributed by atoms with Gasteiger partial charge in [-0.2, -0.15) is 5.10 Å². The van der Waals surface area contributed by atoms with Crippen LogP contribution >= 0.6 is 0 Å². The van der Waals surface area contributed by atoms with Gasteiger partial charge in [0.2, 0.25) is 0 Å². The topological polar surface area (TPSA) is 123 Å². The highest BCUT2D eigenvalue weighted by Gasteiger charge is 2.16. The van der Waals surface area contributed by atoms with E-state index in [1.165, 1.54) is 24.5 Å². The van der Waals surface area contributed by atoms with Crippen molar-refractivity contribution in [3.8, 4) is 5.75 Å². The van der Waals surface area contributed by atoms with Crippen molar-refractivity contribution in [3.05, 3.63) is 46.5 Å². The number of nitro benzene ring substituents is 1. The van der Waals surface area contributed by atoms with Crippen molar-refractivity contribution < 1.29 is 14.5 Å². The second-order valence-corrected chi connectivity index (χ2v) is 4.17. The molecule has 0 radical (unpaired) electrons. The van der Waals surface area contributed by atoms with E-state index in [2.05, 4.69) is 20.5 Å². The van der Waals surface area contributed by atoms with Gasteiger partial charge in [0, 0.05) is 6.07 Å². The summed E-state index contributed by atoms with van der Waals surface area (Å²) >= 11 is 0. The van der Waals surface area contributed by atoms with Crippen LogP contribution in [0.3, 0.4) is 0 Å². The van der Waals surface area contributed by atoms with Crippen LogP contribution in [0, 0.1) is 10.1 Å². The van der Waals surface area contributed by atoms with Gasteiger partial charge in [-0.15, -0.1) is 0 Å². The van der Waals surface area contributed by atoms with Crippen molar-refractivity contribution in [1.82, 2.24) is 20.5 Å². The number of hydrogen-bond donors (Lipinski definition) is 2. The van der Waals surface area contributed by atoms with Gasteiger partial charge >= 0.3 is 5.69 Å². The molecular weight excluding hydrogens is 278 g/mol. The molecule has 1 amide bonds. The maximum atomic E-state index is 11.7. The average Bonchev–Trinajstić information content (AvgIpc) is 2.99. The Bertz CT molecular complexity index is 628. The minimum Gasteiger partial charge on any atom is -0.477 e. The summed E-state index contributed by atoms with van der Waals surface area (Å²) in [6.45, 7) is 1.40. The molecule has 2 N–H and O–H groups in total. The van der Waals surface area contributed by atoms with Gasteiger partial charge in [-0.1, -0.05) is 12.1 Å². The van der Waals surface area contributed by atoms with E-state index in [1.54, 1.807) is 13.0 Å². The summed E-state index contributed by atoms with van der Waals surface area (Å²) in [7, 11) is 0. The first-order valence-corrected chi connectivity index (χ1v) is 6.08. The van der Waals surface area contributed by atoms with Gasteiger partial charge in [-0.05, 0) is 13.0 Å². The molecular formula is C12H13N5O4. The smallest absolute Gasteiger partial charge is 0.310 e. The molecule has 1 atom stereocenters. The number of nitro groups is 1. The number of benzene rings is 1. The number of nitrogens with one attached hydrogen (secondary N) is 2. The Hall–Kier alpha value is -2.97. The van der Waals surface area contributed by atoms with Crippen LogP contribution in [0.15, 0.2) is 30.6 Å².